The van der Waals surface area contributed by atoms with Crippen LogP contribution in [0.25, 0.3) is 66.8 Å². The average Bonchev–Trinajstić information content (AvgIpc) is 0.694. The molecule has 4 aliphatic rings. The van der Waals surface area contributed by atoms with Crippen LogP contribution in [-0.4, -0.2) is 13.4 Å². The van der Waals surface area contributed by atoms with Gasteiger partial charge in [-0.15, -0.1) is 0 Å². The molecule has 0 aliphatic carbocycles. The molecule has 4 heterocycles. The van der Waals surface area contributed by atoms with E-state index in [1.165, 1.54) is 33.2 Å². The highest BCUT2D eigenvalue weighted by Crippen LogP contribution is 2.54. The van der Waals surface area contributed by atoms with Crippen LogP contribution in [0.3, 0.4) is 0 Å². The van der Waals surface area contributed by atoms with Crippen molar-refractivity contribution in [1.82, 2.24) is 0 Å². The van der Waals surface area contributed by atoms with Crippen LogP contribution in [-0.2, 0) is 21.7 Å². The Bertz CT molecular complexity index is 4940. The van der Waals surface area contributed by atoms with Gasteiger partial charge < -0.3 is 19.3 Å². The fourth-order valence-corrected chi connectivity index (χ4v) is 16.0. The van der Waals surface area contributed by atoms with Crippen molar-refractivity contribution < 1.29 is 9.47 Å². The number of fused-ring (bicyclic) bond motifs is 8. The van der Waals surface area contributed by atoms with Gasteiger partial charge in [0, 0.05) is 51.1 Å². The summed E-state index contributed by atoms with van der Waals surface area (Å²) in [5.41, 5.74) is 31.9. The maximum absolute atomic E-state index is 7.76. The smallest absolute Gasteiger partial charge is 0.256 e. The molecular formula is C94H82B2N2O2. The zero-order chi connectivity index (χ0) is 68.7. The maximum Gasteiger partial charge on any atom is 0.256 e. The highest BCUT2D eigenvalue weighted by molar-refractivity contribution is 7.02. The van der Waals surface area contributed by atoms with Crippen LogP contribution in [0.15, 0.2) is 279 Å². The van der Waals surface area contributed by atoms with Crippen LogP contribution in [0.2, 0.25) is 0 Å². The summed E-state index contributed by atoms with van der Waals surface area (Å²) in [4.78, 5) is 5.22. The number of hydrogen-bond donors (Lipinski definition) is 0. The second-order valence-corrected chi connectivity index (χ2v) is 32.1. The molecule has 0 unspecified atom stereocenters. The van der Waals surface area contributed by atoms with Gasteiger partial charge in [0.1, 0.15) is 23.0 Å². The zero-order valence-electron chi connectivity index (χ0n) is 59.4. The molecule has 0 fully saturated rings. The standard InChI is InChI=1S/C94H82B2N2O2/c1-91(2,3)67-43-39-59(40-44-67)65-51-81-87-85(53-65)99-83-58-84-78(57-77(83)95(87)75-49-47-69(93(7,8)9)55-79(75)97(81)89-71(61-27-17-13-18-28-61)35-25-36-72(89)62-29-19-14-20-30-62)96-76-50-48-70(94(10,11)12)56-80(76)98(82-52-66(54-86(100-84)88(82)96)60-41-45-68(46-42-60)92(4,5)6)90-73(63-31-21-15-22-32-63)37-26-38-74(90)64-33-23-16-24-34-64/h13-58H,1-12H3. The SMILES string of the molecule is CC(C)(C)c1ccc(-c2cc3c4c(c2)N(c2c(-c5ccccc5)cccc2-c2ccccc2)c2cc(C(C)(C)C)ccc2B4c2cc4c(cc2O3)Oc2cc(-c3ccc(C(C)(C)C)cc3)cc3c2B4c2ccc(C(C)(C)C)cc2N3c2c(-c3ccccc3)cccc2-c2ccccc2)cc1. The Morgan fingerprint density at radius 2 is 0.540 bits per heavy atom. The highest BCUT2D eigenvalue weighted by Gasteiger charge is 2.48. The van der Waals surface area contributed by atoms with Crippen molar-refractivity contribution in [3.05, 3.63) is 301 Å². The van der Waals surface area contributed by atoms with E-state index in [1.54, 1.807) is 0 Å². The number of ether oxygens (including phenoxy) is 2. The van der Waals surface area contributed by atoms with Crippen molar-refractivity contribution >= 4 is 80.3 Å². The predicted molar refractivity (Wildman–Crippen MR) is 426 cm³/mol. The second-order valence-electron chi connectivity index (χ2n) is 32.1. The van der Waals surface area contributed by atoms with Gasteiger partial charge in [0.2, 0.25) is 0 Å². The van der Waals surface area contributed by atoms with Crippen molar-refractivity contribution in [3.63, 3.8) is 0 Å². The number of hydrogen-bond acceptors (Lipinski definition) is 4. The molecule has 13 aromatic carbocycles. The fraction of sp³-hybridized carbons (Fsp3) is 0.170. The third-order valence-electron chi connectivity index (χ3n) is 21.4. The van der Waals surface area contributed by atoms with Crippen LogP contribution >= 0.6 is 0 Å². The summed E-state index contributed by atoms with van der Waals surface area (Å²) in [5.74, 6) is 3.24. The summed E-state index contributed by atoms with van der Waals surface area (Å²) < 4.78 is 15.5. The monoisotopic (exact) mass is 1290 g/mol. The molecule has 13 aromatic rings. The fourth-order valence-electron chi connectivity index (χ4n) is 16.0. The minimum absolute atomic E-state index is 0.0165. The Kier molecular flexibility index (Phi) is 14.7. The Morgan fingerprint density at radius 1 is 0.230 bits per heavy atom. The van der Waals surface area contributed by atoms with Gasteiger partial charge in [-0.3, -0.25) is 0 Å². The number of nitrogens with zero attached hydrogens (tertiary/aromatic N) is 2. The van der Waals surface area contributed by atoms with E-state index >= 15 is 0 Å². The highest BCUT2D eigenvalue weighted by atomic mass is 16.5. The molecule has 6 heteroatoms. The lowest BCUT2D eigenvalue weighted by Gasteiger charge is -2.44. The molecule has 0 spiro atoms. The number of rotatable bonds is 8. The molecule has 0 atom stereocenters. The van der Waals surface area contributed by atoms with Crippen molar-refractivity contribution in [1.29, 1.82) is 0 Å². The van der Waals surface area contributed by atoms with Gasteiger partial charge in [0.15, 0.2) is 0 Å². The first-order chi connectivity index (χ1) is 48.1. The Hall–Kier alpha value is -10.8. The third-order valence-corrected chi connectivity index (χ3v) is 21.4. The van der Waals surface area contributed by atoms with E-state index in [9.17, 15) is 0 Å². The summed E-state index contributed by atoms with van der Waals surface area (Å²) in [6, 6.07) is 105. The van der Waals surface area contributed by atoms with E-state index in [2.05, 4.69) is 372 Å². The molecule has 0 saturated heterocycles. The molecule has 0 bridgehead atoms. The summed E-state index contributed by atoms with van der Waals surface area (Å²) in [6.45, 7) is 27.3. The molecular weight excluding hydrogens is 1210 g/mol. The van der Waals surface area contributed by atoms with E-state index in [1.807, 2.05) is 0 Å². The van der Waals surface area contributed by atoms with Crippen LogP contribution in [0.1, 0.15) is 105 Å². The quantitative estimate of drug-likeness (QED) is 0.142. The molecule has 0 saturated carbocycles. The first-order valence-corrected chi connectivity index (χ1v) is 35.6. The molecule has 0 N–H and O–H groups in total. The lowest BCUT2D eigenvalue weighted by molar-refractivity contribution is 0.466. The number of anilines is 6. The lowest BCUT2D eigenvalue weighted by Crippen LogP contribution is -2.63. The molecule has 100 heavy (non-hydrogen) atoms. The molecule has 4 nitrogen and oxygen atoms in total. The average molecular weight is 1290 g/mol. The van der Waals surface area contributed by atoms with E-state index in [0.717, 1.165) is 146 Å². The third kappa shape index (κ3) is 10.6. The van der Waals surface area contributed by atoms with Gasteiger partial charge in [-0.2, -0.15) is 0 Å². The molecule has 17 rings (SSSR count). The van der Waals surface area contributed by atoms with Crippen LogP contribution in [0.4, 0.5) is 34.1 Å². The summed E-state index contributed by atoms with van der Waals surface area (Å²) in [5, 5.41) is 0. The van der Waals surface area contributed by atoms with E-state index in [4.69, 9.17) is 9.47 Å². The van der Waals surface area contributed by atoms with Gasteiger partial charge in [-0.05, 0) is 158 Å². The van der Waals surface area contributed by atoms with Gasteiger partial charge in [0.25, 0.3) is 13.4 Å². The van der Waals surface area contributed by atoms with Crippen LogP contribution < -0.4 is 52.1 Å². The van der Waals surface area contributed by atoms with E-state index < -0.39 is 0 Å². The Morgan fingerprint density at radius 3 is 0.850 bits per heavy atom. The van der Waals surface area contributed by atoms with E-state index in [0.29, 0.717) is 0 Å². The number of para-hydroxylation sites is 2. The Labute approximate surface area is 591 Å². The van der Waals surface area contributed by atoms with Crippen LogP contribution in [0.5, 0.6) is 23.0 Å². The van der Waals surface area contributed by atoms with E-state index in [-0.39, 0.29) is 35.1 Å². The molecule has 0 radical (unpaired) electrons. The van der Waals surface area contributed by atoms with Crippen molar-refractivity contribution in [3.8, 4) is 89.8 Å². The zero-order valence-corrected chi connectivity index (χ0v) is 59.4. The molecule has 4 aliphatic heterocycles. The minimum Gasteiger partial charge on any atom is -0.458 e. The van der Waals surface area contributed by atoms with Gasteiger partial charge >= 0.3 is 0 Å². The summed E-state index contributed by atoms with van der Waals surface area (Å²) in [7, 11) is 0. The van der Waals surface area contributed by atoms with Gasteiger partial charge in [-0.25, -0.2) is 0 Å². The lowest BCUT2D eigenvalue weighted by atomic mass is 9.31. The normalized spacial score (nSPS) is 13.5. The predicted octanol–water partition coefficient (Wildman–Crippen LogP) is 21.7. The van der Waals surface area contributed by atoms with Crippen molar-refractivity contribution in [2.75, 3.05) is 9.80 Å². The van der Waals surface area contributed by atoms with Crippen LogP contribution in [0, 0.1) is 0 Å². The second kappa shape index (κ2) is 23.4. The van der Waals surface area contributed by atoms with Crippen molar-refractivity contribution in [2.45, 2.75) is 105 Å². The first-order valence-electron chi connectivity index (χ1n) is 35.6. The molecule has 486 valence electrons. The van der Waals surface area contributed by atoms with Gasteiger partial charge in [-0.1, -0.05) is 320 Å². The van der Waals surface area contributed by atoms with Crippen molar-refractivity contribution in [2.24, 2.45) is 0 Å². The Balaban J connectivity index is 0.949. The largest absolute Gasteiger partial charge is 0.458 e. The van der Waals surface area contributed by atoms with Gasteiger partial charge in [0.05, 0.1) is 11.4 Å². The first kappa shape index (κ1) is 62.7. The number of benzene rings is 13. The maximum atomic E-state index is 7.76. The molecule has 0 aromatic heterocycles. The topological polar surface area (TPSA) is 24.9 Å². The molecule has 0 amide bonds. The minimum atomic E-state index is -0.242. The summed E-state index contributed by atoms with van der Waals surface area (Å²) >= 11 is 0. The summed E-state index contributed by atoms with van der Waals surface area (Å²) in [6.07, 6.45) is 0.